The normalized spacial score (nSPS) is 26.5. The average Bonchev–Trinajstić information content (AvgIpc) is 2.09. The van der Waals surface area contributed by atoms with Crippen molar-refractivity contribution in [1.82, 2.24) is 10.6 Å². The molecule has 0 aromatic heterocycles. The third kappa shape index (κ3) is 2.46. The molecule has 1 amide bonds. The van der Waals surface area contributed by atoms with Gasteiger partial charge < -0.3 is 16.4 Å². The second-order valence-corrected chi connectivity index (χ2v) is 3.29. The molecule has 2 unspecified atom stereocenters. The van der Waals surface area contributed by atoms with Gasteiger partial charge in [0.25, 0.3) is 0 Å². The molecule has 4 nitrogen and oxygen atoms in total. The highest BCUT2D eigenvalue weighted by Gasteiger charge is 2.22. The Kier molecular flexibility index (Phi) is 3.49. The van der Waals surface area contributed by atoms with Gasteiger partial charge in [0.2, 0.25) is 5.91 Å². The van der Waals surface area contributed by atoms with Gasteiger partial charge in [-0.15, -0.1) is 0 Å². The van der Waals surface area contributed by atoms with Crippen LogP contribution in [0.4, 0.5) is 0 Å². The smallest absolute Gasteiger partial charge is 0.237 e. The number of hydrogen-bond acceptors (Lipinski definition) is 3. The Hall–Kier alpha value is -0.610. The molecule has 0 saturated carbocycles. The Bertz CT molecular complexity index is 160. The van der Waals surface area contributed by atoms with Crippen LogP contribution in [-0.4, -0.2) is 31.1 Å². The molecule has 12 heavy (non-hydrogen) atoms. The molecule has 0 spiro atoms. The van der Waals surface area contributed by atoms with Crippen LogP contribution in [0.2, 0.25) is 0 Å². The van der Waals surface area contributed by atoms with E-state index in [0.29, 0.717) is 6.54 Å². The predicted octanol–water partition coefficient (Wildman–Crippen LogP) is -0.798. The standard InChI is InChI=1S/C8H17N3O/c1-6(5-9)11-7-3-2-4-10-8(7)12/h6-7,11H,2-5,9H2,1H3,(H,10,12). The fourth-order valence-corrected chi connectivity index (χ4v) is 1.34. The van der Waals surface area contributed by atoms with Gasteiger partial charge in [-0.2, -0.15) is 0 Å². The van der Waals surface area contributed by atoms with Gasteiger partial charge in [-0.1, -0.05) is 0 Å². The molecule has 0 radical (unpaired) electrons. The molecule has 1 aliphatic rings. The van der Waals surface area contributed by atoms with E-state index in [1.807, 2.05) is 6.92 Å². The summed E-state index contributed by atoms with van der Waals surface area (Å²) in [6.07, 6.45) is 1.98. The summed E-state index contributed by atoms with van der Waals surface area (Å²) in [7, 11) is 0. The van der Waals surface area contributed by atoms with E-state index in [2.05, 4.69) is 10.6 Å². The fourth-order valence-electron chi connectivity index (χ4n) is 1.34. The first-order chi connectivity index (χ1) is 5.74. The van der Waals surface area contributed by atoms with Crippen LogP contribution in [0, 0.1) is 0 Å². The molecule has 1 fully saturated rings. The second-order valence-electron chi connectivity index (χ2n) is 3.29. The third-order valence-electron chi connectivity index (χ3n) is 2.12. The summed E-state index contributed by atoms with van der Waals surface area (Å²) in [5, 5.41) is 6.00. The zero-order chi connectivity index (χ0) is 8.97. The molecule has 0 aromatic rings. The van der Waals surface area contributed by atoms with Crippen molar-refractivity contribution >= 4 is 5.91 Å². The highest BCUT2D eigenvalue weighted by molar-refractivity contribution is 5.82. The molecule has 1 aliphatic heterocycles. The Labute approximate surface area is 72.9 Å². The van der Waals surface area contributed by atoms with Crippen molar-refractivity contribution in [2.75, 3.05) is 13.1 Å². The van der Waals surface area contributed by atoms with Crippen LogP contribution in [0.5, 0.6) is 0 Å². The Morgan fingerprint density at radius 1 is 1.83 bits per heavy atom. The molecular weight excluding hydrogens is 154 g/mol. The lowest BCUT2D eigenvalue weighted by molar-refractivity contribution is -0.124. The number of carbonyl (C=O) groups excluding carboxylic acids is 1. The van der Waals surface area contributed by atoms with Crippen molar-refractivity contribution in [1.29, 1.82) is 0 Å². The number of nitrogens with one attached hydrogen (secondary N) is 2. The van der Waals surface area contributed by atoms with Gasteiger partial charge in [-0.25, -0.2) is 0 Å². The van der Waals surface area contributed by atoms with E-state index in [9.17, 15) is 4.79 Å². The van der Waals surface area contributed by atoms with Gasteiger partial charge in [0.05, 0.1) is 6.04 Å². The van der Waals surface area contributed by atoms with E-state index in [0.717, 1.165) is 19.4 Å². The summed E-state index contributed by atoms with van der Waals surface area (Å²) in [5.74, 6) is 0.113. The number of rotatable bonds is 3. The minimum Gasteiger partial charge on any atom is -0.355 e. The second kappa shape index (κ2) is 4.42. The molecule has 0 aliphatic carbocycles. The van der Waals surface area contributed by atoms with Crippen LogP contribution >= 0.6 is 0 Å². The molecule has 1 rings (SSSR count). The summed E-state index contributed by atoms with van der Waals surface area (Å²) >= 11 is 0. The fraction of sp³-hybridized carbons (Fsp3) is 0.875. The summed E-state index contributed by atoms with van der Waals surface area (Å²) in [5.41, 5.74) is 5.44. The van der Waals surface area contributed by atoms with Crippen molar-refractivity contribution < 1.29 is 4.79 Å². The van der Waals surface area contributed by atoms with Crippen molar-refractivity contribution in [3.63, 3.8) is 0 Å². The van der Waals surface area contributed by atoms with Gasteiger partial charge in [-0.05, 0) is 19.8 Å². The van der Waals surface area contributed by atoms with Crippen molar-refractivity contribution in [3.8, 4) is 0 Å². The van der Waals surface area contributed by atoms with E-state index < -0.39 is 0 Å². The maximum Gasteiger partial charge on any atom is 0.237 e. The average molecular weight is 171 g/mol. The molecule has 1 saturated heterocycles. The molecule has 4 N–H and O–H groups in total. The van der Waals surface area contributed by atoms with Crippen molar-refractivity contribution in [2.24, 2.45) is 5.73 Å². The van der Waals surface area contributed by atoms with Crippen LogP contribution < -0.4 is 16.4 Å². The van der Waals surface area contributed by atoms with E-state index in [-0.39, 0.29) is 18.0 Å². The summed E-state index contributed by atoms with van der Waals surface area (Å²) < 4.78 is 0. The van der Waals surface area contributed by atoms with E-state index >= 15 is 0 Å². The summed E-state index contributed by atoms with van der Waals surface area (Å²) in [4.78, 5) is 11.2. The SMILES string of the molecule is CC(CN)NC1CCCNC1=O. The van der Waals surface area contributed by atoms with E-state index in [1.165, 1.54) is 0 Å². The zero-order valence-corrected chi connectivity index (χ0v) is 7.47. The summed E-state index contributed by atoms with van der Waals surface area (Å²) in [6.45, 7) is 3.37. The number of piperidine rings is 1. The lowest BCUT2D eigenvalue weighted by Gasteiger charge is -2.25. The van der Waals surface area contributed by atoms with Gasteiger partial charge in [-0.3, -0.25) is 4.79 Å². The van der Waals surface area contributed by atoms with Gasteiger partial charge >= 0.3 is 0 Å². The molecular formula is C8H17N3O. The molecule has 70 valence electrons. The lowest BCUT2D eigenvalue weighted by atomic mass is 10.1. The van der Waals surface area contributed by atoms with Crippen LogP contribution in [0.15, 0.2) is 0 Å². The van der Waals surface area contributed by atoms with Gasteiger partial charge in [0.15, 0.2) is 0 Å². The molecule has 2 atom stereocenters. The lowest BCUT2D eigenvalue weighted by Crippen LogP contribution is -2.52. The van der Waals surface area contributed by atoms with E-state index in [4.69, 9.17) is 5.73 Å². The summed E-state index contributed by atoms with van der Waals surface area (Å²) in [6, 6.07) is 0.191. The van der Waals surface area contributed by atoms with Crippen LogP contribution in [0.3, 0.4) is 0 Å². The monoisotopic (exact) mass is 171 g/mol. The first-order valence-corrected chi connectivity index (χ1v) is 4.48. The van der Waals surface area contributed by atoms with Crippen LogP contribution in [0.25, 0.3) is 0 Å². The van der Waals surface area contributed by atoms with Crippen LogP contribution in [-0.2, 0) is 4.79 Å². The third-order valence-corrected chi connectivity index (χ3v) is 2.12. The van der Waals surface area contributed by atoms with Gasteiger partial charge in [0.1, 0.15) is 0 Å². The maximum atomic E-state index is 11.2. The molecule has 0 bridgehead atoms. The first kappa shape index (κ1) is 9.48. The predicted molar refractivity (Wildman–Crippen MR) is 47.7 cm³/mol. The van der Waals surface area contributed by atoms with Crippen molar-refractivity contribution in [2.45, 2.75) is 31.8 Å². The topological polar surface area (TPSA) is 67.2 Å². The Morgan fingerprint density at radius 2 is 2.58 bits per heavy atom. The number of amides is 1. The minimum absolute atomic E-state index is 0.0303. The maximum absolute atomic E-state index is 11.2. The largest absolute Gasteiger partial charge is 0.355 e. The van der Waals surface area contributed by atoms with Crippen LogP contribution in [0.1, 0.15) is 19.8 Å². The number of hydrogen-bond donors (Lipinski definition) is 3. The first-order valence-electron chi connectivity index (χ1n) is 4.48. The zero-order valence-electron chi connectivity index (χ0n) is 7.47. The number of nitrogens with two attached hydrogens (primary N) is 1. The Balaban J connectivity index is 2.34. The van der Waals surface area contributed by atoms with E-state index in [1.54, 1.807) is 0 Å². The Morgan fingerprint density at radius 3 is 3.17 bits per heavy atom. The minimum atomic E-state index is -0.0303. The molecule has 4 heteroatoms. The molecule has 0 aromatic carbocycles. The van der Waals surface area contributed by atoms with Crippen molar-refractivity contribution in [3.05, 3.63) is 0 Å². The highest BCUT2D eigenvalue weighted by Crippen LogP contribution is 2.03. The number of carbonyl (C=O) groups is 1. The van der Waals surface area contributed by atoms with Gasteiger partial charge in [0, 0.05) is 19.1 Å². The quantitative estimate of drug-likeness (QED) is 0.521. The molecule has 1 heterocycles. The highest BCUT2D eigenvalue weighted by atomic mass is 16.2.